The van der Waals surface area contributed by atoms with Crippen molar-refractivity contribution in [2.24, 2.45) is 5.73 Å². The average molecular weight is 291 g/mol. The van der Waals surface area contributed by atoms with E-state index in [1.807, 2.05) is 0 Å². The van der Waals surface area contributed by atoms with E-state index in [-0.39, 0.29) is 37.8 Å². The van der Waals surface area contributed by atoms with Crippen LogP contribution in [0.4, 0.5) is 4.79 Å². The first-order valence-electron chi connectivity index (χ1n) is 4.68. The number of amides is 1. The van der Waals surface area contributed by atoms with Gasteiger partial charge >= 0.3 is 12.1 Å². The normalized spacial score (nSPS) is 11.5. The number of rotatable bonds is 4. The summed E-state index contributed by atoms with van der Waals surface area (Å²) in [6, 6.07) is -0.996. The molecule has 0 aromatic heterocycles. The van der Waals surface area contributed by atoms with Crippen molar-refractivity contribution in [2.45, 2.75) is 38.8 Å². The lowest BCUT2D eigenvalue weighted by Gasteiger charge is -2.21. The van der Waals surface area contributed by atoms with Crippen molar-refractivity contribution in [1.29, 1.82) is 0 Å². The Bertz CT molecular complexity index is 244. The predicted octanol–water partition coefficient (Wildman–Crippen LogP) is 1.16. The monoisotopic (exact) mass is 290 g/mol. The van der Waals surface area contributed by atoms with E-state index in [9.17, 15) is 9.59 Å². The average Bonchev–Trinajstić information content (AvgIpc) is 1.99. The number of nitrogens with one attached hydrogen (secondary N) is 1. The van der Waals surface area contributed by atoms with Crippen LogP contribution in [-0.4, -0.2) is 35.4 Å². The molecule has 0 rings (SSSR count). The number of hydrogen-bond donors (Lipinski definition) is 3. The van der Waals surface area contributed by atoms with E-state index in [0.29, 0.717) is 0 Å². The molecule has 0 aromatic rings. The molecule has 0 aliphatic carbocycles. The maximum Gasteiger partial charge on any atom is 0.408 e. The summed E-state index contributed by atoms with van der Waals surface area (Å²) in [7, 11) is 0. The van der Waals surface area contributed by atoms with Gasteiger partial charge in [-0.3, -0.25) is 0 Å². The molecule has 0 aromatic carbocycles. The zero-order valence-electron chi connectivity index (χ0n) is 10.1. The summed E-state index contributed by atoms with van der Waals surface area (Å²) in [6.45, 7) is 5.29. The van der Waals surface area contributed by atoms with E-state index in [4.69, 9.17) is 15.6 Å². The van der Waals surface area contributed by atoms with Crippen LogP contribution in [0.5, 0.6) is 0 Å². The van der Waals surface area contributed by atoms with Crippen LogP contribution in [0.2, 0.25) is 0 Å². The highest BCUT2D eigenvalue weighted by Crippen LogP contribution is 2.07. The number of alkyl carbamates (subject to hydrolysis) is 1. The smallest absolute Gasteiger partial charge is 0.408 e. The summed E-state index contributed by atoms with van der Waals surface area (Å²) in [5, 5.41) is 11.0. The molecule has 0 saturated carbocycles. The highest BCUT2D eigenvalue weighted by atomic mass is 35.5. The minimum absolute atomic E-state index is 0. The van der Waals surface area contributed by atoms with Gasteiger partial charge in [-0.25, -0.2) is 9.59 Å². The van der Waals surface area contributed by atoms with E-state index >= 15 is 0 Å². The van der Waals surface area contributed by atoms with Gasteiger partial charge < -0.3 is 20.9 Å². The van der Waals surface area contributed by atoms with Crippen molar-refractivity contribution in [1.82, 2.24) is 5.32 Å². The van der Waals surface area contributed by atoms with E-state index in [0.717, 1.165) is 0 Å². The van der Waals surface area contributed by atoms with Crippen LogP contribution < -0.4 is 11.1 Å². The van der Waals surface area contributed by atoms with Gasteiger partial charge in [0.15, 0.2) is 0 Å². The molecule has 4 N–H and O–H groups in total. The lowest BCUT2D eigenvalue weighted by Crippen LogP contribution is -2.44. The maximum atomic E-state index is 11.2. The maximum absolute atomic E-state index is 11.2. The van der Waals surface area contributed by atoms with Gasteiger partial charge in [0, 0.05) is 0 Å². The number of halogens is 2. The largest absolute Gasteiger partial charge is 0.480 e. The summed E-state index contributed by atoms with van der Waals surface area (Å²) in [5.41, 5.74) is 4.57. The van der Waals surface area contributed by atoms with Crippen LogP contribution in [-0.2, 0) is 9.53 Å². The van der Waals surface area contributed by atoms with Gasteiger partial charge in [0.25, 0.3) is 0 Å². The van der Waals surface area contributed by atoms with E-state index in [1.54, 1.807) is 20.8 Å². The SMILES string of the molecule is CC(C)(C)OC(=O)NC(CCN)C(=O)O.Cl.Cl. The van der Waals surface area contributed by atoms with Crippen molar-refractivity contribution in [3.8, 4) is 0 Å². The molecule has 1 atom stereocenters. The fraction of sp³-hybridized carbons (Fsp3) is 0.778. The van der Waals surface area contributed by atoms with Gasteiger partial charge in [-0.05, 0) is 33.7 Å². The van der Waals surface area contributed by atoms with Crippen LogP contribution in [0.3, 0.4) is 0 Å². The summed E-state index contributed by atoms with van der Waals surface area (Å²) in [6.07, 6.45) is -0.572. The molecule has 6 nitrogen and oxygen atoms in total. The molecule has 1 unspecified atom stereocenters. The molecule has 0 aliphatic rings. The number of ether oxygens (including phenoxy) is 1. The summed E-state index contributed by atoms with van der Waals surface area (Å²) >= 11 is 0. The van der Waals surface area contributed by atoms with Crippen molar-refractivity contribution in [2.75, 3.05) is 6.54 Å². The Morgan fingerprint density at radius 1 is 1.35 bits per heavy atom. The van der Waals surface area contributed by atoms with Crippen molar-refractivity contribution in [3.63, 3.8) is 0 Å². The first-order chi connectivity index (χ1) is 6.76. The number of nitrogens with two attached hydrogens (primary N) is 1. The highest BCUT2D eigenvalue weighted by Gasteiger charge is 2.22. The molecule has 0 spiro atoms. The Labute approximate surface area is 113 Å². The van der Waals surface area contributed by atoms with E-state index in [2.05, 4.69) is 5.32 Å². The topological polar surface area (TPSA) is 102 Å². The minimum Gasteiger partial charge on any atom is -0.480 e. The molecule has 0 fully saturated rings. The molecule has 0 saturated heterocycles. The zero-order chi connectivity index (χ0) is 12.1. The van der Waals surface area contributed by atoms with Gasteiger partial charge in [-0.1, -0.05) is 0 Å². The Hall–Kier alpha value is -0.720. The third kappa shape index (κ3) is 11.5. The van der Waals surface area contributed by atoms with Crippen molar-refractivity contribution >= 4 is 36.9 Å². The molecular formula is C9H20Cl2N2O4. The molecule has 1 amide bonds. The number of carbonyl (C=O) groups is 2. The fourth-order valence-corrected chi connectivity index (χ4v) is 0.874. The lowest BCUT2D eigenvalue weighted by atomic mass is 10.2. The Morgan fingerprint density at radius 2 is 1.82 bits per heavy atom. The zero-order valence-corrected chi connectivity index (χ0v) is 11.7. The lowest BCUT2D eigenvalue weighted by molar-refractivity contribution is -0.139. The number of hydrogen-bond acceptors (Lipinski definition) is 4. The van der Waals surface area contributed by atoms with E-state index in [1.165, 1.54) is 0 Å². The number of carbonyl (C=O) groups excluding carboxylic acids is 1. The van der Waals surface area contributed by atoms with Crippen LogP contribution in [0, 0.1) is 0 Å². The summed E-state index contributed by atoms with van der Waals surface area (Å²) < 4.78 is 4.91. The quantitative estimate of drug-likeness (QED) is 0.721. The Balaban J connectivity index is -0.000000980. The van der Waals surface area contributed by atoms with Crippen molar-refractivity contribution in [3.05, 3.63) is 0 Å². The van der Waals surface area contributed by atoms with Gasteiger partial charge in [0.05, 0.1) is 0 Å². The third-order valence-corrected chi connectivity index (χ3v) is 1.44. The van der Waals surface area contributed by atoms with Gasteiger partial charge in [-0.2, -0.15) is 0 Å². The molecule has 0 aliphatic heterocycles. The molecule has 8 heteroatoms. The first-order valence-corrected chi connectivity index (χ1v) is 4.68. The van der Waals surface area contributed by atoms with Crippen LogP contribution in [0.1, 0.15) is 27.2 Å². The molecular weight excluding hydrogens is 271 g/mol. The number of aliphatic carboxylic acids is 1. The van der Waals surface area contributed by atoms with Gasteiger partial charge in [0.1, 0.15) is 11.6 Å². The standard InChI is InChI=1S/C9H18N2O4.2ClH/c1-9(2,3)15-8(14)11-6(4-5-10)7(12)13;;/h6H,4-5,10H2,1-3H3,(H,11,14)(H,12,13);2*1H. The Morgan fingerprint density at radius 3 is 2.12 bits per heavy atom. The minimum atomic E-state index is -1.12. The van der Waals surface area contributed by atoms with Gasteiger partial charge in [-0.15, -0.1) is 24.8 Å². The first kappa shape index (κ1) is 21.6. The second-order valence-corrected chi connectivity index (χ2v) is 4.11. The summed E-state index contributed by atoms with van der Waals surface area (Å²) in [5.74, 6) is -1.12. The predicted molar refractivity (Wildman–Crippen MR) is 69.0 cm³/mol. The Kier molecular flexibility index (Phi) is 11.8. The second-order valence-electron chi connectivity index (χ2n) is 4.11. The van der Waals surface area contributed by atoms with Gasteiger partial charge in [0.2, 0.25) is 0 Å². The van der Waals surface area contributed by atoms with Crippen LogP contribution in [0.25, 0.3) is 0 Å². The fourth-order valence-electron chi connectivity index (χ4n) is 0.874. The number of carboxylic acids is 1. The molecule has 0 heterocycles. The molecule has 104 valence electrons. The molecule has 0 radical (unpaired) electrons. The third-order valence-electron chi connectivity index (χ3n) is 1.44. The summed E-state index contributed by atoms with van der Waals surface area (Å²) in [4.78, 5) is 21.9. The van der Waals surface area contributed by atoms with Crippen LogP contribution >= 0.6 is 24.8 Å². The highest BCUT2D eigenvalue weighted by molar-refractivity contribution is 5.85. The van der Waals surface area contributed by atoms with Crippen molar-refractivity contribution < 1.29 is 19.4 Å². The van der Waals surface area contributed by atoms with E-state index < -0.39 is 23.7 Å². The number of carboxylic acid groups (broad SMARTS) is 1. The molecule has 17 heavy (non-hydrogen) atoms. The second kappa shape index (κ2) is 9.32. The molecule has 0 bridgehead atoms. The van der Waals surface area contributed by atoms with Crippen LogP contribution in [0.15, 0.2) is 0 Å².